The molecule has 0 aliphatic rings. The average Bonchev–Trinajstić information content (AvgIpc) is 3.85. The van der Waals surface area contributed by atoms with Crippen molar-refractivity contribution in [2.75, 3.05) is 4.90 Å². The van der Waals surface area contributed by atoms with Crippen LogP contribution in [0.2, 0.25) is 0 Å². The highest BCUT2D eigenvalue weighted by atomic mass is 16.3. The SMILES string of the molecule is c1ccc(-c2c(-c3ccccc3)c3cc(-c4ccc(N(c5ccc(-c6cccc7ccccc67)cc5)c5cccc(-c6cccc7oc8c9ccccc9ccc8c67)c5)cc4)ccc3c3ccccc23)cc1. The molecule has 0 unspecified atom stereocenters. The Hall–Kier alpha value is -9.50. The van der Waals surface area contributed by atoms with Crippen LogP contribution in [-0.4, -0.2) is 0 Å². The number of rotatable bonds is 8. The lowest BCUT2D eigenvalue weighted by molar-refractivity contribution is 0.673. The number of hydrogen-bond donors (Lipinski definition) is 0. The largest absolute Gasteiger partial charge is 0.455 e. The average molecular weight is 916 g/mol. The minimum absolute atomic E-state index is 0.884. The molecule has 1 heterocycles. The van der Waals surface area contributed by atoms with E-state index in [0.29, 0.717) is 0 Å². The summed E-state index contributed by atoms with van der Waals surface area (Å²) in [7, 11) is 0. The summed E-state index contributed by atoms with van der Waals surface area (Å²) < 4.78 is 6.65. The van der Waals surface area contributed by atoms with Gasteiger partial charge in [0, 0.05) is 33.2 Å². The van der Waals surface area contributed by atoms with Crippen molar-refractivity contribution in [1.82, 2.24) is 0 Å². The van der Waals surface area contributed by atoms with E-state index < -0.39 is 0 Å². The van der Waals surface area contributed by atoms with Crippen LogP contribution < -0.4 is 4.90 Å². The lowest BCUT2D eigenvalue weighted by atomic mass is 9.84. The van der Waals surface area contributed by atoms with Gasteiger partial charge in [0.1, 0.15) is 11.2 Å². The summed E-state index contributed by atoms with van der Waals surface area (Å²) in [5.41, 5.74) is 16.9. The summed E-state index contributed by atoms with van der Waals surface area (Å²) in [6.07, 6.45) is 0. The predicted octanol–water partition coefficient (Wildman–Crippen LogP) is 20.0. The summed E-state index contributed by atoms with van der Waals surface area (Å²) in [6, 6.07) is 99.2. The van der Waals surface area contributed by atoms with Gasteiger partial charge in [0.2, 0.25) is 0 Å². The van der Waals surface area contributed by atoms with Gasteiger partial charge in [-0.05, 0) is 148 Å². The molecule has 0 atom stereocenters. The third-order valence-electron chi connectivity index (χ3n) is 14.6. The number of nitrogens with zero attached hydrogens (tertiary/aromatic N) is 1. The van der Waals surface area contributed by atoms with Crippen molar-refractivity contribution < 1.29 is 4.42 Å². The second kappa shape index (κ2) is 17.2. The van der Waals surface area contributed by atoms with Gasteiger partial charge in [-0.1, -0.05) is 218 Å². The highest BCUT2D eigenvalue weighted by Crippen LogP contribution is 2.47. The predicted molar refractivity (Wildman–Crippen MR) is 306 cm³/mol. The molecule has 0 radical (unpaired) electrons. The lowest BCUT2D eigenvalue weighted by Crippen LogP contribution is -2.10. The van der Waals surface area contributed by atoms with Gasteiger partial charge >= 0.3 is 0 Å². The molecular formula is C70H45NO. The van der Waals surface area contributed by atoms with Gasteiger partial charge < -0.3 is 9.32 Å². The van der Waals surface area contributed by atoms with Crippen LogP contribution in [0.25, 0.3) is 121 Å². The number of hydrogen-bond acceptors (Lipinski definition) is 2. The highest BCUT2D eigenvalue weighted by molar-refractivity contribution is 6.22. The Morgan fingerprint density at radius 1 is 0.250 bits per heavy atom. The first-order chi connectivity index (χ1) is 35.7. The minimum atomic E-state index is 0.884. The normalized spacial score (nSPS) is 11.6. The van der Waals surface area contributed by atoms with Crippen LogP contribution in [-0.2, 0) is 0 Å². The summed E-state index contributed by atoms with van der Waals surface area (Å²) >= 11 is 0. The lowest BCUT2D eigenvalue weighted by Gasteiger charge is -2.26. The molecule has 0 amide bonds. The summed E-state index contributed by atoms with van der Waals surface area (Å²) in [6.45, 7) is 0. The maximum atomic E-state index is 6.65. The van der Waals surface area contributed by atoms with Gasteiger partial charge in [0.15, 0.2) is 0 Å². The highest BCUT2D eigenvalue weighted by Gasteiger charge is 2.21. The van der Waals surface area contributed by atoms with Crippen LogP contribution in [0.5, 0.6) is 0 Å². The van der Waals surface area contributed by atoms with Gasteiger partial charge in [0.25, 0.3) is 0 Å². The topological polar surface area (TPSA) is 16.4 Å². The second-order valence-corrected chi connectivity index (χ2v) is 18.7. The Morgan fingerprint density at radius 2 is 0.764 bits per heavy atom. The van der Waals surface area contributed by atoms with E-state index in [0.717, 1.165) is 61.1 Å². The molecule has 2 nitrogen and oxygen atoms in total. The number of fused-ring (bicyclic) bond motifs is 9. The van der Waals surface area contributed by atoms with E-state index in [-0.39, 0.29) is 0 Å². The van der Waals surface area contributed by atoms with E-state index in [1.165, 1.54) is 76.6 Å². The van der Waals surface area contributed by atoms with Crippen molar-refractivity contribution in [3.8, 4) is 55.6 Å². The maximum absolute atomic E-state index is 6.65. The van der Waals surface area contributed by atoms with Crippen molar-refractivity contribution in [1.29, 1.82) is 0 Å². The zero-order chi connectivity index (χ0) is 47.5. The maximum Gasteiger partial charge on any atom is 0.143 e. The first-order valence-electron chi connectivity index (χ1n) is 24.7. The molecule has 0 fully saturated rings. The Bertz CT molecular complexity index is 4360. The molecule has 14 rings (SSSR count). The molecular weight excluding hydrogens is 871 g/mol. The molecule has 336 valence electrons. The van der Waals surface area contributed by atoms with Crippen LogP contribution in [0.4, 0.5) is 17.1 Å². The molecule has 1 aromatic heterocycles. The number of furan rings is 1. The quantitative estimate of drug-likeness (QED) is 0.141. The molecule has 0 bridgehead atoms. The molecule has 72 heavy (non-hydrogen) atoms. The second-order valence-electron chi connectivity index (χ2n) is 18.7. The monoisotopic (exact) mass is 915 g/mol. The summed E-state index contributed by atoms with van der Waals surface area (Å²) in [4.78, 5) is 2.38. The summed E-state index contributed by atoms with van der Waals surface area (Å²) in [5.74, 6) is 0. The molecule has 14 aromatic rings. The van der Waals surface area contributed by atoms with Crippen molar-refractivity contribution >= 4 is 82.1 Å². The molecule has 2 heteroatoms. The minimum Gasteiger partial charge on any atom is -0.455 e. The number of anilines is 3. The Kier molecular flexibility index (Phi) is 9.89. The summed E-state index contributed by atoms with van der Waals surface area (Å²) in [5, 5.41) is 12.0. The molecule has 0 N–H and O–H groups in total. The van der Waals surface area contributed by atoms with E-state index in [2.05, 4.69) is 278 Å². The molecule has 0 saturated heterocycles. The van der Waals surface area contributed by atoms with Crippen LogP contribution >= 0.6 is 0 Å². The van der Waals surface area contributed by atoms with Crippen LogP contribution in [0.3, 0.4) is 0 Å². The van der Waals surface area contributed by atoms with E-state index in [4.69, 9.17) is 4.42 Å². The third-order valence-corrected chi connectivity index (χ3v) is 14.6. The Morgan fingerprint density at radius 3 is 1.50 bits per heavy atom. The Labute approximate surface area is 417 Å². The zero-order valence-electron chi connectivity index (χ0n) is 39.3. The van der Waals surface area contributed by atoms with Crippen LogP contribution in [0, 0.1) is 0 Å². The first-order valence-corrected chi connectivity index (χ1v) is 24.7. The fourth-order valence-corrected chi connectivity index (χ4v) is 11.3. The van der Waals surface area contributed by atoms with E-state index in [1.54, 1.807) is 0 Å². The number of benzene rings is 13. The molecule has 0 aliphatic carbocycles. The van der Waals surface area contributed by atoms with Gasteiger partial charge in [-0.2, -0.15) is 0 Å². The fourth-order valence-electron chi connectivity index (χ4n) is 11.3. The van der Waals surface area contributed by atoms with Crippen molar-refractivity contribution in [2.24, 2.45) is 0 Å². The molecule has 13 aromatic carbocycles. The molecule has 0 spiro atoms. The van der Waals surface area contributed by atoms with E-state index in [9.17, 15) is 0 Å². The van der Waals surface area contributed by atoms with E-state index >= 15 is 0 Å². The first kappa shape index (κ1) is 41.5. The van der Waals surface area contributed by atoms with Crippen molar-refractivity contribution in [3.05, 3.63) is 273 Å². The third kappa shape index (κ3) is 6.95. The fraction of sp³-hybridized carbons (Fsp3) is 0. The van der Waals surface area contributed by atoms with Gasteiger partial charge in [-0.25, -0.2) is 0 Å². The molecule has 0 saturated carbocycles. The van der Waals surface area contributed by atoms with Crippen molar-refractivity contribution in [3.63, 3.8) is 0 Å². The van der Waals surface area contributed by atoms with Crippen molar-refractivity contribution in [2.45, 2.75) is 0 Å². The standard InChI is InChI=1S/C70H45NO/c1-3-18-50(19-4-1)67-63-28-12-11-27-61(63)62-42-37-52(45-65(62)68(67)51-20-5-2-6-21-51)46-32-38-54(39-33-46)71(55-40-34-49(35-41-55)58-29-14-22-47-16-7-9-25-57(47)58)56-24-13-23-53(44-56)59-30-15-31-66-69(59)64-43-36-48-17-8-10-26-60(48)70(64)72-66/h1-45H. The van der Waals surface area contributed by atoms with Gasteiger partial charge in [0.05, 0.1) is 0 Å². The van der Waals surface area contributed by atoms with Gasteiger partial charge in [-0.3, -0.25) is 0 Å². The van der Waals surface area contributed by atoms with Gasteiger partial charge in [-0.15, -0.1) is 0 Å². The van der Waals surface area contributed by atoms with Crippen LogP contribution in [0.15, 0.2) is 277 Å². The molecule has 0 aliphatic heterocycles. The van der Waals surface area contributed by atoms with E-state index in [1.807, 2.05) is 0 Å². The smallest absolute Gasteiger partial charge is 0.143 e. The van der Waals surface area contributed by atoms with Crippen LogP contribution in [0.1, 0.15) is 0 Å². The zero-order valence-corrected chi connectivity index (χ0v) is 39.3. The Balaban J connectivity index is 0.913.